The second kappa shape index (κ2) is 10.7. The smallest absolute Gasteiger partial charge is 0.321 e. The number of sulfonamides is 1. The molecule has 0 spiro atoms. The van der Waals surface area contributed by atoms with Crippen LogP contribution in [0.25, 0.3) is 0 Å². The van der Waals surface area contributed by atoms with Gasteiger partial charge in [0.25, 0.3) is 5.91 Å². The number of carbonyl (C=O) groups excluding carboxylic acids is 3. The molecule has 10 heteroatoms. The molecule has 1 amide bonds. The summed E-state index contributed by atoms with van der Waals surface area (Å²) in [5.74, 6) is -1.04. The molecule has 0 saturated carbocycles. The topological polar surface area (TPSA) is 128 Å². The zero-order valence-electron chi connectivity index (χ0n) is 17.4. The molecule has 31 heavy (non-hydrogen) atoms. The predicted octanol–water partition coefficient (Wildman–Crippen LogP) is 1.42. The van der Waals surface area contributed by atoms with Gasteiger partial charge in [-0.2, -0.15) is 4.72 Å². The minimum absolute atomic E-state index is 0.104. The van der Waals surface area contributed by atoms with Crippen molar-refractivity contribution in [1.82, 2.24) is 10.0 Å². The lowest BCUT2D eigenvalue weighted by Gasteiger charge is -2.15. The van der Waals surface area contributed by atoms with Crippen LogP contribution in [0.5, 0.6) is 5.75 Å². The van der Waals surface area contributed by atoms with Gasteiger partial charge in [0.15, 0.2) is 11.9 Å². The molecule has 166 valence electrons. The lowest BCUT2D eigenvalue weighted by atomic mass is 10.2. The van der Waals surface area contributed by atoms with Gasteiger partial charge >= 0.3 is 5.97 Å². The summed E-state index contributed by atoms with van der Waals surface area (Å²) in [7, 11) is -2.47. The van der Waals surface area contributed by atoms with Crippen LogP contribution in [0.2, 0.25) is 0 Å². The number of para-hydroxylation sites is 1. The van der Waals surface area contributed by atoms with E-state index < -0.39 is 34.5 Å². The lowest BCUT2D eigenvalue weighted by Crippen LogP contribution is -2.38. The standard InChI is InChI=1S/C21H24N2O7S/c1-14(24)16-8-10-18(11-9-16)31(27,28)23-13-20(25)30-15(2)21(26)22-12-17-6-4-5-7-19(17)29-3/h4-11,15,23H,12-13H2,1-3H3,(H,22,26). The Hall–Kier alpha value is -3.24. The number of benzene rings is 2. The number of amides is 1. The number of hydrogen-bond donors (Lipinski definition) is 2. The van der Waals surface area contributed by atoms with Crippen LogP contribution in [0.4, 0.5) is 0 Å². The molecule has 0 radical (unpaired) electrons. The van der Waals surface area contributed by atoms with E-state index in [9.17, 15) is 22.8 Å². The largest absolute Gasteiger partial charge is 0.496 e. The molecule has 9 nitrogen and oxygen atoms in total. The van der Waals surface area contributed by atoms with E-state index in [-0.39, 0.29) is 17.2 Å². The number of rotatable bonds is 10. The first-order valence-electron chi connectivity index (χ1n) is 9.34. The first kappa shape index (κ1) is 24.0. The van der Waals surface area contributed by atoms with E-state index in [4.69, 9.17) is 9.47 Å². The van der Waals surface area contributed by atoms with Crippen LogP contribution >= 0.6 is 0 Å². The van der Waals surface area contributed by atoms with Crippen LogP contribution in [-0.4, -0.2) is 45.8 Å². The van der Waals surface area contributed by atoms with Gasteiger partial charge in [-0.3, -0.25) is 14.4 Å². The number of hydrogen-bond acceptors (Lipinski definition) is 7. The minimum atomic E-state index is -3.98. The number of ketones is 1. The van der Waals surface area contributed by atoms with Crippen molar-refractivity contribution in [3.05, 3.63) is 59.7 Å². The third kappa shape index (κ3) is 6.90. The van der Waals surface area contributed by atoms with Gasteiger partial charge in [0.1, 0.15) is 12.3 Å². The first-order valence-corrected chi connectivity index (χ1v) is 10.8. The van der Waals surface area contributed by atoms with E-state index in [0.29, 0.717) is 11.3 Å². The van der Waals surface area contributed by atoms with Crippen LogP contribution in [0, 0.1) is 0 Å². The Labute approximate surface area is 180 Å². The van der Waals surface area contributed by atoms with Crippen molar-refractivity contribution >= 4 is 27.7 Å². The summed E-state index contributed by atoms with van der Waals surface area (Å²) in [6, 6.07) is 12.4. The van der Waals surface area contributed by atoms with Gasteiger partial charge in [-0.1, -0.05) is 30.3 Å². The van der Waals surface area contributed by atoms with Crippen molar-refractivity contribution in [2.24, 2.45) is 0 Å². The summed E-state index contributed by atoms with van der Waals surface area (Å²) in [5.41, 5.74) is 1.12. The van der Waals surface area contributed by atoms with Gasteiger partial charge in [-0.25, -0.2) is 8.42 Å². The zero-order valence-corrected chi connectivity index (χ0v) is 18.2. The Morgan fingerprint density at radius 1 is 1.03 bits per heavy atom. The number of Topliss-reactive ketones (excluding diaryl/α,β-unsaturated/α-hetero) is 1. The Morgan fingerprint density at radius 2 is 1.68 bits per heavy atom. The molecule has 0 aliphatic carbocycles. The van der Waals surface area contributed by atoms with Crippen molar-refractivity contribution in [3.63, 3.8) is 0 Å². The molecule has 0 bridgehead atoms. The highest BCUT2D eigenvalue weighted by molar-refractivity contribution is 7.89. The number of methoxy groups -OCH3 is 1. The van der Waals surface area contributed by atoms with E-state index in [1.165, 1.54) is 45.2 Å². The molecule has 0 saturated heterocycles. The van der Waals surface area contributed by atoms with Gasteiger partial charge in [-0.05, 0) is 32.0 Å². The summed E-state index contributed by atoms with van der Waals surface area (Å²) in [4.78, 5) is 35.3. The highest BCUT2D eigenvalue weighted by Crippen LogP contribution is 2.16. The highest BCUT2D eigenvalue weighted by Gasteiger charge is 2.21. The molecule has 0 aliphatic heterocycles. The summed E-state index contributed by atoms with van der Waals surface area (Å²) in [6.45, 7) is 2.27. The minimum Gasteiger partial charge on any atom is -0.496 e. The molecule has 0 heterocycles. The van der Waals surface area contributed by atoms with Crippen molar-refractivity contribution in [3.8, 4) is 5.75 Å². The van der Waals surface area contributed by atoms with E-state index in [1.807, 2.05) is 0 Å². The van der Waals surface area contributed by atoms with Crippen LogP contribution in [0.1, 0.15) is 29.8 Å². The average molecular weight is 448 g/mol. The van der Waals surface area contributed by atoms with Gasteiger partial charge in [0.05, 0.1) is 12.0 Å². The summed E-state index contributed by atoms with van der Waals surface area (Å²) >= 11 is 0. The van der Waals surface area contributed by atoms with Crippen LogP contribution < -0.4 is 14.8 Å². The van der Waals surface area contributed by atoms with Crippen LogP contribution in [0.15, 0.2) is 53.4 Å². The molecule has 2 rings (SSSR count). The Balaban J connectivity index is 1.85. The molecule has 0 aliphatic rings. The van der Waals surface area contributed by atoms with Gasteiger partial charge in [-0.15, -0.1) is 0 Å². The fourth-order valence-corrected chi connectivity index (χ4v) is 3.54. The third-order valence-corrected chi connectivity index (χ3v) is 5.72. The van der Waals surface area contributed by atoms with Crippen LogP contribution in [-0.2, 0) is 30.9 Å². The molecule has 2 aromatic rings. The second-order valence-corrected chi connectivity index (χ2v) is 8.33. The normalized spacial score (nSPS) is 12.0. The number of esters is 1. The number of ether oxygens (including phenoxy) is 2. The van der Waals surface area contributed by atoms with Crippen molar-refractivity contribution < 1.29 is 32.3 Å². The Morgan fingerprint density at radius 3 is 2.29 bits per heavy atom. The van der Waals surface area contributed by atoms with Crippen molar-refractivity contribution in [2.75, 3.05) is 13.7 Å². The van der Waals surface area contributed by atoms with Gasteiger partial charge < -0.3 is 14.8 Å². The van der Waals surface area contributed by atoms with Crippen molar-refractivity contribution in [1.29, 1.82) is 0 Å². The fraction of sp³-hybridized carbons (Fsp3) is 0.286. The molecule has 1 unspecified atom stereocenters. The van der Waals surface area contributed by atoms with E-state index in [1.54, 1.807) is 24.3 Å². The maximum absolute atomic E-state index is 12.3. The average Bonchev–Trinajstić information content (AvgIpc) is 2.76. The highest BCUT2D eigenvalue weighted by atomic mass is 32.2. The summed E-state index contributed by atoms with van der Waals surface area (Å²) < 4.78 is 36.8. The summed E-state index contributed by atoms with van der Waals surface area (Å²) in [5, 5.41) is 2.63. The lowest BCUT2D eigenvalue weighted by molar-refractivity contribution is -0.153. The van der Waals surface area contributed by atoms with Gasteiger partial charge in [0.2, 0.25) is 10.0 Å². The van der Waals surface area contributed by atoms with Crippen LogP contribution in [0.3, 0.4) is 0 Å². The monoisotopic (exact) mass is 448 g/mol. The molecular formula is C21H24N2O7S. The Bertz CT molecular complexity index is 1050. The van der Waals surface area contributed by atoms with E-state index in [2.05, 4.69) is 10.0 Å². The van der Waals surface area contributed by atoms with E-state index in [0.717, 1.165) is 5.56 Å². The third-order valence-electron chi connectivity index (χ3n) is 4.30. The molecule has 0 fully saturated rings. The predicted molar refractivity (Wildman–Crippen MR) is 112 cm³/mol. The second-order valence-electron chi connectivity index (χ2n) is 6.57. The van der Waals surface area contributed by atoms with Crippen molar-refractivity contribution in [2.45, 2.75) is 31.4 Å². The SMILES string of the molecule is COc1ccccc1CNC(=O)C(C)OC(=O)CNS(=O)(=O)c1ccc(C(C)=O)cc1. The fourth-order valence-electron chi connectivity index (χ4n) is 2.57. The Kier molecular flexibility index (Phi) is 8.29. The molecule has 0 aromatic heterocycles. The van der Waals surface area contributed by atoms with Gasteiger partial charge in [0, 0.05) is 17.7 Å². The number of carbonyl (C=O) groups is 3. The quantitative estimate of drug-likeness (QED) is 0.416. The first-order chi connectivity index (χ1) is 14.6. The molecular weight excluding hydrogens is 424 g/mol. The van der Waals surface area contributed by atoms with E-state index >= 15 is 0 Å². The zero-order chi connectivity index (χ0) is 23.0. The maximum atomic E-state index is 12.3. The molecule has 2 N–H and O–H groups in total. The molecule has 2 aromatic carbocycles. The maximum Gasteiger partial charge on any atom is 0.321 e. The number of nitrogens with one attached hydrogen (secondary N) is 2. The summed E-state index contributed by atoms with van der Waals surface area (Å²) in [6.07, 6.45) is -1.12. The molecule has 1 atom stereocenters.